The van der Waals surface area contributed by atoms with Crippen LogP contribution in [0.25, 0.3) is 5.69 Å². The van der Waals surface area contributed by atoms with Gasteiger partial charge in [-0.3, -0.25) is 9.78 Å². The van der Waals surface area contributed by atoms with Crippen molar-refractivity contribution in [2.45, 2.75) is 13.3 Å². The second-order valence-corrected chi connectivity index (χ2v) is 5.84. The highest BCUT2D eigenvalue weighted by Gasteiger charge is 2.16. The molecule has 3 rings (SSSR count). The Kier molecular flexibility index (Phi) is 4.99. The number of hydrogen-bond donors (Lipinski definition) is 2. The average molecular weight is 371 g/mol. The number of hydrogen-bond acceptors (Lipinski definition) is 5. The molecule has 0 amide bonds. The minimum atomic E-state index is -0.740. The molecule has 2 aromatic heterocycles. The van der Waals surface area contributed by atoms with Crippen molar-refractivity contribution in [3.05, 3.63) is 79.6 Å². The largest absolute Gasteiger partial charge is 0.493 e. The molecule has 2 N–H and O–H groups in total. The maximum Gasteiger partial charge on any atom is 0.335 e. The number of pyridine rings is 1. The first-order chi connectivity index (χ1) is 12.5. The number of aliphatic imine (C=N–C) groups is 1. The molecule has 7 nitrogen and oxygen atoms in total. The third-order valence-electron chi connectivity index (χ3n) is 3.77. The number of aromatic nitrogens is 3. The van der Waals surface area contributed by atoms with E-state index in [1.165, 1.54) is 6.20 Å². The van der Waals surface area contributed by atoms with Crippen molar-refractivity contribution < 1.29 is 5.11 Å². The zero-order valence-electron chi connectivity index (χ0n) is 13.8. The fourth-order valence-corrected chi connectivity index (χ4v) is 2.59. The van der Waals surface area contributed by atoms with Crippen molar-refractivity contribution >= 4 is 23.6 Å². The van der Waals surface area contributed by atoms with Crippen molar-refractivity contribution in [1.29, 1.82) is 0 Å². The van der Waals surface area contributed by atoms with Crippen LogP contribution in [0.4, 0.5) is 5.82 Å². The number of benzene rings is 1. The number of halogens is 1. The number of nitrogens with zero attached hydrogens (tertiary/aromatic N) is 3. The summed E-state index contributed by atoms with van der Waals surface area (Å²) in [5.41, 5.74) is -0.273. The molecule has 2 heterocycles. The van der Waals surface area contributed by atoms with Gasteiger partial charge in [-0.05, 0) is 30.2 Å². The van der Waals surface area contributed by atoms with Crippen LogP contribution in [0.15, 0.2) is 57.2 Å². The van der Waals surface area contributed by atoms with E-state index in [-0.39, 0.29) is 5.56 Å². The first-order valence-corrected chi connectivity index (χ1v) is 8.21. The number of aromatic amines is 1. The van der Waals surface area contributed by atoms with E-state index < -0.39 is 17.1 Å². The summed E-state index contributed by atoms with van der Waals surface area (Å²) in [7, 11) is 0. The summed E-state index contributed by atoms with van der Waals surface area (Å²) >= 11 is 5.77. The highest BCUT2D eigenvalue weighted by molar-refractivity contribution is 6.30. The van der Waals surface area contributed by atoms with Gasteiger partial charge in [-0.15, -0.1) is 0 Å². The Bertz CT molecular complexity index is 1080. The highest BCUT2D eigenvalue weighted by Crippen LogP contribution is 2.20. The second-order valence-electron chi connectivity index (χ2n) is 5.41. The van der Waals surface area contributed by atoms with E-state index in [1.807, 2.05) is 19.1 Å². The summed E-state index contributed by atoms with van der Waals surface area (Å²) < 4.78 is 1.05. The number of rotatable bonds is 4. The van der Waals surface area contributed by atoms with Crippen molar-refractivity contribution in [2.75, 3.05) is 0 Å². The molecule has 132 valence electrons. The Morgan fingerprint density at radius 3 is 2.73 bits per heavy atom. The fraction of sp³-hybridized carbons (Fsp3) is 0.111. The summed E-state index contributed by atoms with van der Waals surface area (Å²) in [5, 5.41) is 11.0. The molecule has 0 unspecified atom stereocenters. The molecule has 0 aliphatic carbocycles. The molecule has 0 radical (unpaired) electrons. The normalized spacial score (nSPS) is 11.2. The lowest BCUT2D eigenvalue weighted by atomic mass is 10.1. The molecule has 0 aliphatic rings. The van der Waals surface area contributed by atoms with E-state index in [0.717, 1.165) is 16.3 Å². The van der Waals surface area contributed by atoms with Gasteiger partial charge in [0.2, 0.25) is 5.88 Å². The molecule has 8 heteroatoms. The molecule has 3 aromatic rings. The number of aryl methyl sites for hydroxylation is 1. The summed E-state index contributed by atoms with van der Waals surface area (Å²) in [6.07, 6.45) is 3.23. The summed E-state index contributed by atoms with van der Waals surface area (Å²) in [6.45, 7) is 1.93. The number of H-pyrrole nitrogens is 1. The molecule has 0 atom stereocenters. The van der Waals surface area contributed by atoms with Crippen molar-refractivity contribution in [2.24, 2.45) is 4.99 Å². The zero-order valence-corrected chi connectivity index (χ0v) is 14.6. The predicted octanol–water partition coefficient (Wildman–Crippen LogP) is 2.59. The van der Waals surface area contributed by atoms with Crippen molar-refractivity contribution in [1.82, 2.24) is 14.5 Å². The SMILES string of the molecule is CCc1ccccc1-n1c(O)c(C=Nc2ccc(Cl)cn2)c(=O)[nH]c1=O. The first kappa shape index (κ1) is 17.6. The first-order valence-electron chi connectivity index (χ1n) is 7.83. The van der Waals surface area contributed by atoms with Crippen LogP contribution in [0.1, 0.15) is 18.1 Å². The predicted molar refractivity (Wildman–Crippen MR) is 100 cm³/mol. The minimum absolute atomic E-state index is 0.146. The van der Waals surface area contributed by atoms with Crippen LogP contribution >= 0.6 is 11.6 Å². The second kappa shape index (κ2) is 7.37. The number of nitrogens with one attached hydrogen (secondary N) is 1. The van der Waals surface area contributed by atoms with Crippen molar-refractivity contribution in [3.63, 3.8) is 0 Å². The van der Waals surface area contributed by atoms with Gasteiger partial charge in [-0.25, -0.2) is 19.3 Å². The lowest BCUT2D eigenvalue weighted by molar-refractivity contribution is 0.429. The molecule has 26 heavy (non-hydrogen) atoms. The lowest BCUT2D eigenvalue weighted by Gasteiger charge is -2.13. The maximum absolute atomic E-state index is 12.3. The molecular weight excluding hydrogens is 356 g/mol. The fourth-order valence-electron chi connectivity index (χ4n) is 2.48. The van der Waals surface area contributed by atoms with Gasteiger partial charge in [0.1, 0.15) is 5.56 Å². The van der Waals surface area contributed by atoms with Crippen LogP contribution in [0.3, 0.4) is 0 Å². The molecule has 0 bridgehead atoms. The molecule has 0 saturated carbocycles. The van der Waals surface area contributed by atoms with Crippen molar-refractivity contribution in [3.8, 4) is 11.6 Å². The number of aromatic hydroxyl groups is 1. The Morgan fingerprint density at radius 1 is 1.27 bits per heavy atom. The standard InChI is InChI=1S/C18H15ClN4O3/c1-2-11-5-3-4-6-14(11)23-17(25)13(16(24)22-18(23)26)10-21-15-8-7-12(19)9-20-15/h3-10,25H,2H2,1H3,(H,22,24,26). The van der Waals surface area contributed by atoms with Crippen LogP contribution in [0.2, 0.25) is 5.02 Å². The van der Waals surface area contributed by atoms with Gasteiger partial charge in [0.25, 0.3) is 5.56 Å². The van der Waals surface area contributed by atoms with Crippen LogP contribution in [0.5, 0.6) is 5.88 Å². The van der Waals surface area contributed by atoms with E-state index in [1.54, 1.807) is 24.3 Å². The smallest absolute Gasteiger partial charge is 0.335 e. The van der Waals surface area contributed by atoms with Gasteiger partial charge in [0, 0.05) is 12.4 Å². The Hall–Kier alpha value is -3.19. The summed E-state index contributed by atoms with van der Waals surface area (Å²) in [6, 6.07) is 10.3. The lowest BCUT2D eigenvalue weighted by Crippen LogP contribution is -2.31. The Morgan fingerprint density at radius 2 is 2.04 bits per heavy atom. The van der Waals surface area contributed by atoms with E-state index in [4.69, 9.17) is 11.6 Å². The molecule has 0 aliphatic heterocycles. The highest BCUT2D eigenvalue weighted by atomic mass is 35.5. The molecule has 0 fully saturated rings. The maximum atomic E-state index is 12.3. The van der Waals surface area contributed by atoms with Crippen LogP contribution in [-0.4, -0.2) is 25.9 Å². The molecule has 0 spiro atoms. The van der Waals surface area contributed by atoms with Crippen LogP contribution in [-0.2, 0) is 6.42 Å². The quantitative estimate of drug-likeness (QED) is 0.689. The third kappa shape index (κ3) is 3.43. The van der Waals surface area contributed by atoms with E-state index in [9.17, 15) is 14.7 Å². The van der Waals surface area contributed by atoms with Gasteiger partial charge in [-0.1, -0.05) is 36.7 Å². The Labute approximate surface area is 153 Å². The van der Waals surface area contributed by atoms with Crippen LogP contribution in [0, 0.1) is 0 Å². The zero-order chi connectivity index (χ0) is 18.7. The van der Waals surface area contributed by atoms with Crippen LogP contribution < -0.4 is 11.2 Å². The molecule has 0 saturated heterocycles. The topological polar surface area (TPSA) is 100 Å². The summed E-state index contributed by atoms with van der Waals surface area (Å²) in [5.74, 6) is -0.183. The molecular formula is C18H15ClN4O3. The van der Waals surface area contributed by atoms with Gasteiger partial charge in [0.05, 0.1) is 10.7 Å². The monoisotopic (exact) mass is 370 g/mol. The van der Waals surface area contributed by atoms with Gasteiger partial charge >= 0.3 is 5.69 Å². The Balaban J connectivity index is 2.14. The number of para-hydroxylation sites is 1. The summed E-state index contributed by atoms with van der Waals surface area (Å²) in [4.78, 5) is 34.6. The molecule has 1 aromatic carbocycles. The van der Waals surface area contributed by atoms with Gasteiger partial charge < -0.3 is 5.11 Å². The minimum Gasteiger partial charge on any atom is -0.493 e. The van der Waals surface area contributed by atoms with E-state index in [0.29, 0.717) is 22.9 Å². The third-order valence-corrected chi connectivity index (χ3v) is 4.00. The van der Waals surface area contributed by atoms with Gasteiger partial charge in [-0.2, -0.15) is 0 Å². The average Bonchev–Trinajstić information content (AvgIpc) is 2.63. The van der Waals surface area contributed by atoms with E-state index >= 15 is 0 Å². The van der Waals surface area contributed by atoms with Gasteiger partial charge in [0.15, 0.2) is 5.82 Å². The van der Waals surface area contributed by atoms with E-state index in [2.05, 4.69) is 15.0 Å².